The zero-order chi connectivity index (χ0) is 15.5. The summed E-state index contributed by atoms with van der Waals surface area (Å²) in [5.74, 6) is 3.00. The fourth-order valence-electron chi connectivity index (χ4n) is 2.53. The van der Waals surface area contributed by atoms with E-state index in [0.29, 0.717) is 30.0 Å². The molecule has 1 aromatic rings. The van der Waals surface area contributed by atoms with E-state index in [0.717, 1.165) is 36.2 Å². The second-order valence-corrected chi connectivity index (χ2v) is 6.22. The molecule has 3 rings (SSSR count). The van der Waals surface area contributed by atoms with Crippen LogP contribution in [-0.4, -0.2) is 38.8 Å². The van der Waals surface area contributed by atoms with Gasteiger partial charge in [0.15, 0.2) is 17.5 Å². The quantitative estimate of drug-likeness (QED) is 0.659. The average molecular weight is 324 g/mol. The highest BCUT2D eigenvalue weighted by Gasteiger charge is 2.33. The number of ether oxygens (including phenoxy) is 2. The van der Waals surface area contributed by atoms with Gasteiger partial charge in [0.2, 0.25) is 0 Å². The van der Waals surface area contributed by atoms with Gasteiger partial charge in [-0.15, -0.1) is 0 Å². The molecule has 1 aliphatic carbocycles. The van der Waals surface area contributed by atoms with Gasteiger partial charge in [-0.25, -0.2) is 0 Å². The summed E-state index contributed by atoms with van der Waals surface area (Å²) in [5.41, 5.74) is 1.12. The first-order valence-corrected chi connectivity index (χ1v) is 8.10. The van der Waals surface area contributed by atoms with Crippen molar-refractivity contribution in [2.45, 2.75) is 25.8 Å². The highest BCUT2D eigenvalue weighted by Crippen LogP contribution is 2.38. The summed E-state index contributed by atoms with van der Waals surface area (Å²) in [7, 11) is 1.79. The van der Waals surface area contributed by atoms with Crippen molar-refractivity contribution in [2.24, 2.45) is 10.9 Å². The molecule has 2 atom stereocenters. The van der Waals surface area contributed by atoms with Crippen LogP contribution in [0.2, 0.25) is 5.02 Å². The van der Waals surface area contributed by atoms with Crippen LogP contribution in [0, 0.1) is 5.92 Å². The average Bonchev–Trinajstić information content (AvgIpc) is 3.21. The molecule has 0 radical (unpaired) electrons. The Morgan fingerprint density at radius 3 is 2.86 bits per heavy atom. The molecule has 1 heterocycles. The van der Waals surface area contributed by atoms with Crippen molar-refractivity contribution in [3.05, 3.63) is 22.7 Å². The number of rotatable bonds is 4. The molecule has 2 unspecified atom stereocenters. The standard InChI is InChI=1S/C16H22ClN3O2/c1-10-7-13(10)20-16(18-2)19-4-3-11-8-12(17)15-14(9-11)21-5-6-22-15/h8-10,13H,3-7H2,1-2H3,(H2,18,19,20). The molecule has 1 aromatic carbocycles. The molecule has 2 N–H and O–H groups in total. The number of guanidine groups is 1. The Hall–Kier alpha value is -1.62. The topological polar surface area (TPSA) is 54.9 Å². The SMILES string of the molecule is CN=C(NCCc1cc(Cl)c2c(c1)OCCO2)NC1CC1C. The first kappa shape index (κ1) is 15.3. The largest absolute Gasteiger partial charge is 0.486 e. The fraction of sp³-hybridized carbons (Fsp3) is 0.562. The molecule has 0 saturated heterocycles. The fourth-order valence-corrected chi connectivity index (χ4v) is 2.82. The summed E-state index contributed by atoms with van der Waals surface area (Å²) in [6.07, 6.45) is 2.07. The normalized spacial score (nSPS) is 23.1. The van der Waals surface area contributed by atoms with Crippen LogP contribution in [0.5, 0.6) is 11.5 Å². The zero-order valence-electron chi connectivity index (χ0n) is 13.0. The van der Waals surface area contributed by atoms with Crippen LogP contribution in [0.3, 0.4) is 0 Å². The molecule has 0 bridgehead atoms. The molecule has 6 heteroatoms. The van der Waals surface area contributed by atoms with Crippen LogP contribution in [-0.2, 0) is 6.42 Å². The van der Waals surface area contributed by atoms with Crippen molar-refractivity contribution >= 4 is 17.6 Å². The summed E-state index contributed by atoms with van der Waals surface area (Å²) in [4.78, 5) is 4.25. The molecule has 0 amide bonds. The third kappa shape index (κ3) is 3.58. The Labute approximate surface area is 136 Å². The first-order chi connectivity index (χ1) is 10.7. The Morgan fingerprint density at radius 1 is 1.36 bits per heavy atom. The lowest BCUT2D eigenvalue weighted by Gasteiger charge is -2.20. The van der Waals surface area contributed by atoms with Gasteiger partial charge in [0, 0.05) is 19.6 Å². The molecule has 0 aromatic heterocycles. The van der Waals surface area contributed by atoms with Gasteiger partial charge < -0.3 is 20.1 Å². The van der Waals surface area contributed by atoms with E-state index >= 15 is 0 Å². The van der Waals surface area contributed by atoms with Crippen LogP contribution in [0.1, 0.15) is 18.9 Å². The second kappa shape index (κ2) is 6.65. The molecule has 22 heavy (non-hydrogen) atoms. The van der Waals surface area contributed by atoms with Crippen molar-refractivity contribution in [3.63, 3.8) is 0 Å². The number of halogens is 1. The monoisotopic (exact) mass is 323 g/mol. The van der Waals surface area contributed by atoms with Crippen LogP contribution in [0.4, 0.5) is 0 Å². The van der Waals surface area contributed by atoms with E-state index in [1.807, 2.05) is 12.1 Å². The maximum atomic E-state index is 6.25. The summed E-state index contributed by atoms with van der Waals surface area (Å²) in [6, 6.07) is 4.51. The minimum Gasteiger partial charge on any atom is -0.486 e. The molecule has 1 fully saturated rings. The third-order valence-corrected chi connectivity index (χ3v) is 4.30. The van der Waals surface area contributed by atoms with E-state index in [-0.39, 0.29) is 0 Å². The number of nitrogens with one attached hydrogen (secondary N) is 2. The van der Waals surface area contributed by atoms with Crippen molar-refractivity contribution in [1.29, 1.82) is 0 Å². The maximum absolute atomic E-state index is 6.25. The lowest BCUT2D eigenvalue weighted by Crippen LogP contribution is -2.39. The van der Waals surface area contributed by atoms with Gasteiger partial charge in [0.05, 0.1) is 5.02 Å². The van der Waals surface area contributed by atoms with Crippen molar-refractivity contribution in [3.8, 4) is 11.5 Å². The number of fused-ring (bicyclic) bond motifs is 1. The van der Waals surface area contributed by atoms with Gasteiger partial charge >= 0.3 is 0 Å². The van der Waals surface area contributed by atoms with Crippen molar-refractivity contribution < 1.29 is 9.47 Å². The Morgan fingerprint density at radius 2 is 2.14 bits per heavy atom. The zero-order valence-corrected chi connectivity index (χ0v) is 13.7. The van der Waals surface area contributed by atoms with Gasteiger partial charge in [-0.05, 0) is 36.5 Å². The molecule has 2 aliphatic rings. The Kier molecular flexibility index (Phi) is 4.62. The highest BCUT2D eigenvalue weighted by atomic mass is 35.5. The molecule has 1 saturated carbocycles. The molecular formula is C16H22ClN3O2. The minimum atomic E-state index is 0.551. The molecule has 1 aliphatic heterocycles. The predicted octanol–water partition coefficient (Wildman–Crippen LogP) is 2.23. The van der Waals surface area contributed by atoms with E-state index in [1.165, 1.54) is 6.42 Å². The van der Waals surface area contributed by atoms with Crippen LogP contribution in [0.25, 0.3) is 0 Å². The Bertz CT molecular complexity index is 577. The molecular weight excluding hydrogens is 302 g/mol. The van der Waals surface area contributed by atoms with Crippen LogP contribution < -0.4 is 20.1 Å². The molecule has 5 nitrogen and oxygen atoms in total. The van der Waals surface area contributed by atoms with E-state index < -0.39 is 0 Å². The number of aliphatic imine (C=N–C) groups is 1. The van der Waals surface area contributed by atoms with Crippen LogP contribution >= 0.6 is 11.6 Å². The number of hydrogen-bond donors (Lipinski definition) is 2. The summed E-state index contributed by atoms with van der Waals surface area (Å²) in [5, 5.41) is 7.35. The van der Waals surface area contributed by atoms with Crippen LogP contribution in [0.15, 0.2) is 17.1 Å². The van der Waals surface area contributed by atoms with Gasteiger partial charge in [0.1, 0.15) is 13.2 Å². The highest BCUT2D eigenvalue weighted by molar-refractivity contribution is 6.32. The lowest BCUT2D eigenvalue weighted by molar-refractivity contribution is 0.171. The van der Waals surface area contributed by atoms with E-state index in [1.54, 1.807) is 7.05 Å². The molecule has 120 valence electrons. The van der Waals surface area contributed by atoms with E-state index in [2.05, 4.69) is 22.5 Å². The second-order valence-electron chi connectivity index (χ2n) is 5.81. The Balaban J connectivity index is 1.54. The van der Waals surface area contributed by atoms with E-state index in [4.69, 9.17) is 21.1 Å². The molecule has 0 spiro atoms. The van der Waals surface area contributed by atoms with Crippen molar-refractivity contribution in [2.75, 3.05) is 26.8 Å². The number of nitrogens with zero attached hydrogens (tertiary/aromatic N) is 1. The van der Waals surface area contributed by atoms with Gasteiger partial charge in [-0.2, -0.15) is 0 Å². The summed E-state index contributed by atoms with van der Waals surface area (Å²) in [6.45, 7) is 4.15. The first-order valence-electron chi connectivity index (χ1n) is 7.72. The number of benzene rings is 1. The predicted molar refractivity (Wildman–Crippen MR) is 88.2 cm³/mol. The summed E-state index contributed by atoms with van der Waals surface area (Å²) >= 11 is 6.25. The smallest absolute Gasteiger partial charge is 0.191 e. The maximum Gasteiger partial charge on any atom is 0.191 e. The lowest BCUT2D eigenvalue weighted by atomic mass is 10.1. The van der Waals surface area contributed by atoms with Crippen molar-refractivity contribution in [1.82, 2.24) is 10.6 Å². The van der Waals surface area contributed by atoms with E-state index in [9.17, 15) is 0 Å². The van der Waals surface area contributed by atoms with Gasteiger partial charge in [-0.3, -0.25) is 4.99 Å². The third-order valence-electron chi connectivity index (χ3n) is 4.02. The minimum absolute atomic E-state index is 0.551. The van der Waals surface area contributed by atoms with Gasteiger partial charge in [-0.1, -0.05) is 18.5 Å². The van der Waals surface area contributed by atoms with Gasteiger partial charge in [0.25, 0.3) is 0 Å². The summed E-state index contributed by atoms with van der Waals surface area (Å²) < 4.78 is 11.1. The number of hydrogen-bond acceptors (Lipinski definition) is 3.